The lowest BCUT2D eigenvalue weighted by Crippen LogP contribution is -2.40. The monoisotopic (exact) mass is 443 g/mol. The number of para-hydroxylation sites is 2. The molecule has 0 saturated carbocycles. The van der Waals surface area contributed by atoms with Gasteiger partial charge in [-0.25, -0.2) is 4.79 Å². The zero-order chi connectivity index (χ0) is 21.1. The molecule has 0 unspecified atom stereocenters. The average Bonchev–Trinajstić information content (AvgIpc) is 3.17. The summed E-state index contributed by atoms with van der Waals surface area (Å²) in [5.74, 6) is 0.183. The second-order valence-electron chi connectivity index (χ2n) is 6.43. The summed E-state index contributed by atoms with van der Waals surface area (Å²) in [7, 11) is 0. The molecular formula is C22H18ClNO5S. The molecule has 1 aromatic heterocycles. The van der Waals surface area contributed by atoms with E-state index in [-0.39, 0.29) is 13.2 Å². The number of fused-ring (bicyclic) bond motifs is 1. The fourth-order valence-corrected chi connectivity index (χ4v) is 4.13. The summed E-state index contributed by atoms with van der Waals surface area (Å²) in [6.07, 6.45) is -0.837. The number of nitrogens with one attached hydrogen (secondary N) is 1. The Balaban J connectivity index is 1.60. The first-order valence-electron chi connectivity index (χ1n) is 9.30. The van der Waals surface area contributed by atoms with Crippen molar-refractivity contribution >= 4 is 39.8 Å². The van der Waals surface area contributed by atoms with Crippen LogP contribution in [0.3, 0.4) is 0 Å². The topological polar surface area (TPSA) is 73.9 Å². The Labute approximate surface area is 182 Å². The van der Waals surface area contributed by atoms with Crippen molar-refractivity contribution < 1.29 is 23.8 Å². The van der Waals surface area contributed by atoms with E-state index in [0.29, 0.717) is 32.6 Å². The van der Waals surface area contributed by atoms with Gasteiger partial charge in [-0.15, -0.1) is 11.3 Å². The summed E-state index contributed by atoms with van der Waals surface area (Å²) in [6, 6.07) is 14.3. The number of carbonyl (C=O) groups is 2. The first kappa shape index (κ1) is 20.3. The quantitative estimate of drug-likeness (QED) is 0.560. The Morgan fingerprint density at radius 1 is 1.17 bits per heavy atom. The molecule has 0 saturated heterocycles. The minimum Gasteiger partial charge on any atom is -0.485 e. The standard InChI is InChI=1S/C22H18ClNO5S/c1-2-27-22(26)19-15(13-7-9-14(23)10-8-13)12-30-21(19)24-20(25)18-11-28-16-5-3-4-6-17(16)29-18/h3-10,12,18H,2,11H2,1H3,(H,24,25)/t18-/m0/s1. The summed E-state index contributed by atoms with van der Waals surface area (Å²) in [5, 5.41) is 5.59. The number of hydrogen-bond acceptors (Lipinski definition) is 6. The van der Waals surface area contributed by atoms with Crippen molar-refractivity contribution in [3.05, 3.63) is 64.5 Å². The van der Waals surface area contributed by atoms with Crippen LogP contribution < -0.4 is 14.8 Å². The SMILES string of the molecule is CCOC(=O)c1c(-c2ccc(Cl)cc2)csc1NC(=O)[C@@H]1COc2ccccc2O1. The van der Waals surface area contributed by atoms with E-state index in [9.17, 15) is 9.59 Å². The molecule has 1 N–H and O–H groups in total. The van der Waals surface area contributed by atoms with Crippen LogP contribution in [-0.4, -0.2) is 31.2 Å². The Bertz CT molecular complexity index is 1080. The van der Waals surface area contributed by atoms with Crippen molar-refractivity contribution in [1.29, 1.82) is 0 Å². The van der Waals surface area contributed by atoms with Crippen LogP contribution in [0.2, 0.25) is 5.02 Å². The van der Waals surface area contributed by atoms with Crippen molar-refractivity contribution in [2.75, 3.05) is 18.5 Å². The summed E-state index contributed by atoms with van der Waals surface area (Å²) in [5.41, 5.74) is 1.76. The highest BCUT2D eigenvalue weighted by Gasteiger charge is 2.30. The number of anilines is 1. The third-order valence-corrected chi connectivity index (χ3v) is 5.61. The predicted molar refractivity (Wildman–Crippen MR) is 116 cm³/mol. The first-order chi connectivity index (χ1) is 14.6. The van der Waals surface area contributed by atoms with Gasteiger partial charge in [0, 0.05) is 16.0 Å². The van der Waals surface area contributed by atoms with Gasteiger partial charge < -0.3 is 19.5 Å². The molecule has 0 fully saturated rings. The maximum atomic E-state index is 12.8. The summed E-state index contributed by atoms with van der Waals surface area (Å²) >= 11 is 7.22. The summed E-state index contributed by atoms with van der Waals surface area (Å²) < 4.78 is 16.6. The molecule has 1 atom stereocenters. The molecule has 1 aliphatic rings. The lowest BCUT2D eigenvalue weighted by Gasteiger charge is -2.25. The average molecular weight is 444 g/mol. The van der Waals surface area contributed by atoms with Crippen molar-refractivity contribution in [3.63, 3.8) is 0 Å². The van der Waals surface area contributed by atoms with Crippen molar-refractivity contribution in [2.45, 2.75) is 13.0 Å². The predicted octanol–water partition coefficient (Wildman–Crippen LogP) is 5.02. The molecule has 1 amide bonds. The highest BCUT2D eigenvalue weighted by molar-refractivity contribution is 7.15. The van der Waals surface area contributed by atoms with Crippen LogP contribution in [0.25, 0.3) is 11.1 Å². The van der Waals surface area contributed by atoms with Crippen LogP contribution in [0.4, 0.5) is 5.00 Å². The first-order valence-corrected chi connectivity index (χ1v) is 10.6. The van der Waals surface area contributed by atoms with Gasteiger partial charge in [0.1, 0.15) is 17.2 Å². The molecule has 2 aromatic carbocycles. The Hall–Kier alpha value is -3.03. The Morgan fingerprint density at radius 2 is 1.90 bits per heavy atom. The van der Waals surface area contributed by atoms with E-state index >= 15 is 0 Å². The van der Waals surface area contributed by atoms with Crippen molar-refractivity contribution in [2.24, 2.45) is 0 Å². The highest BCUT2D eigenvalue weighted by atomic mass is 35.5. The molecule has 4 rings (SSSR count). The number of amides is 1. The van der Waals surface area contributed by atoms with E-state index in [1.807, 2.05) is 18.2 Å². The van der Waals surface area contributed by atoms with Gasteiger partial charge in [0.15, 0.2) is 11.5 Å². The van der Waals surface area contributed by atoms with Gasteiger partial charge in [0.05, 0.1) is 6.61 Å². The molecule has 0 bridgehead atoms. The van der Waals surface area contributed by atoms with Crippen LogP contribution >= 0.6 is 22.9 Å². The largest absolute Gasteiger partial charge is 0.485 e. The Kier molecular flexibility index (Phi) is 5.92. The van der Waals surface area contributed by atoms with Gasteiger partial charge in [0.2, 0.25) is 6.10 Å². The minimum atomic E-state index is -0.837. The zero-order valence-corrected chi connectivity index (χ0v) is 17.6. The maximum absolute atomic E-state index is 12.8. The molecule has 0 aliphatic carbocycles. The third kappa shape index (κ3) is 4.13. The third-order valence-electron chi connectivity index (χ3n) is 4.46. The number of thiophene rings is 1. The van der Waals surface area contributed by atoms with Crippen molar-refractivity contribution in [3.8, 4) is 22.6 Å². The van der Waals surface area contributed by atoms with Gasteiger partial charge in [-0.2, -0.15) is 0 Å². The molecule has 3 aromatic rings. The van der Waals surface area contributed by atoms with Gasteiger partial charge in [0.25, 0.3) is 5.91 Å². The number of esters is 1. The fourth-order valence-electron chi connectivity index (χ4n) is 3.04. The van der Waals surface area contributed by atoms with E-state index < -0.39 is 18.0 Å². The zero-order valence-electron chi connectivity index (χ0n) is 16.0. The van der Waals surface area contributed by atoms with Gasteiger partial charge in [-0.1, -0.05) is 35.9 Å². The number of rotatable bonds is 5. The summed E-state index contributed by atoms with van der Waals surface area (Å²) in [6.45, 7) is 2.03. The smallest absolute Gasteiger partial charge is 0.341 e. The lowest BCUT2D eigenvalue weighted by molar-refractivity contribution is -0.125. The fraction of sp³-hybridized carbons (Fsp3) is 0.182. The lowest BCUT2D eigenvalue weighted by atomic mass is 10.0. The number of halogens is 1. The Morgan fingerprint density at radius 3 is 2.63 bits per heavy atom. The molecule has 154 valence electrons. The van der Waals surface area contributed by atoms with Gasteiger partial charge >= 0.3 is 5.97 Å². The van der Waals surface area contributed by atoms with Crippen LogP contribution in [0.1, 0.15) is 17.3 Å². The van der Waals surface area contributed by atoms with Crippen LogP contribution in [0.15, 0.2) is 53.9 Å². The van der Waals surface area contributed by atoms with Gasteiger partial charge in [-0.05, 0) is 36.8 Å². The number of ether oxygens (including phenoxy) is 3. The molecule has 30 heavy (non-hydrogen) atoms. The number of hydrogen-bond donors (Lipinski definition) is 1. The number of carbonyl (C=O) groups excluding carboxylic acids is 2. The van der Waals surface area contributed by atoms with Gasteiger partial charge in [-0.3, -0.25) is 4.79 Å². The summed E-state index contributed by atoms with van der Waals surface area (Å²) in [4.78, 5) is 25.5. The second-order valence-corrected chi connectivity index (χ2v) is 7.75. The van der Waals surface area contributed by atoms with Crippen molar-refractivity contribution in [1.82, 2.24) is 0 Å². The molecule has 1 aliphatic heterocycles. The normalized spacial score (nSPS) is 14.8. The highest BCUT2D eigenvalue weighted by Crippen LogP contribution is 2.37. The molecule has 6 nitrogen and oxygen atoms in total. The molecule has 8 heteroatoms. The van der Waals surface area contributed by atoms with E-state index in [2.05, 4.69) is 5.32 Å². The van der Waals surface area contributed by atoms with E-state index in [1.54, 1.807) is 42.6 Å². The van der Waals surface area contributed by atoms with Crippen LogP contribution in [-0.2, 0) is 9.53 Å². The molecule has 0 radical (unpaired) electrons. The van der Waals surface area contributed by atoms with E-state index in [0.717, 1.165) is 5.56 Å². The second kappa shape index (κ2) is 8.77. The van der Waals surface area contributed by atoms with E-state index in [1.165, 1.54) is 11.3 Å². The molecule has 0 spiro atoms. The minimum absolute atomic E-state index is 0.0764. The van der Waals surface area contributed by atoms with Crippen LogP contribution in [0, 0.1) is 0 Å². The van der Waals surface area contributed by atoms with E-state index in [4.69, 9.17) is 25.8 Å². The molecule has 2 heterocycles. The molecular weight excluding hydrogens is 426 g/mol. The number of benzene rings is 2. The van der Waals surface area contributed by atoms with Crippen LogP contribution in [0.5, 0.6) is 11.5 Å². The maximum Gasteiger partial charge on any atom is 0.341 e.